The zero-order valence-corrected chi connectivity index (χ0v) is 14.9. The normalized spacial score (nSPS) is 15.2. The molecule has 2 aromatic heterocycles. The number of carbonyl (C=O) groups excluding carboxylic acids is 1. The molecular formula is C15H18ClF3N4O2. The lowest BCUT2D eigenvalue weighted by molar-refractivity contribution is -0.00304. The highest BCUT2D eigenvalue weighted by atomic mass is 35.5. The Kier molecular flexibility index (Phi) is 5.46. The summed E-state index contributed by atoms with van der Waals surface area (Å²) in [4.78, 5) is 15.9. The predicted molar refractivity (Wildman–Crippen MR) is 87.2 cm³/mol. The quantitative estimate of drug-likeness (QED) is 0.466. The minimum Gasteiger partial charge on any atom is -0.465 e. The van der Waals surface area contributed by atoms with Crippen molar-refractivity contribution in [2.24, 2.45) is 0 Å². The van der Waals surface area contributed by atoms with E-state index in [0.717, 1.165) is 10.7 Å². The average molecular weight is 379 g/mol. The molecule has 25 heavy (non-hydrogen) atoms. The first-order valence-electron chi connectivity index (χ1n) is 7.54. The fraction of sp³-hybridized carbons (Fsp3) is 0.533. The zero-order chi connectivity index (χ0) is 18.9. The molecule has 2 aromatic rings. The molecule has 0 bridgehead atoms. The summed E-state index contributed by atoms with van der Waals surface area (Å²) < 4.78 is 46.0. The van der Waals surface area contributed by atoms with Gasteiger partial charge in [0, 0.05) is 5.56 Å². The number of methoxy groups -OCH3 is 1. The van der Waals surface area contributed by atoms with Gasteiger partial charge in [0.2, 0.25) is 5.79 Å². The summed E-state index contributed by atoms with van der Waals surface area (Å²) in [6.07, 6.45) is -1.53. The molecule has 0 aliphatic heterocycles. The number of alkyl halides is 3. The van der Waals surface area contributed by atoms with E-state index in [1.54, 1.807) is 6.92 Å². The SMILES string of the molecule is CCC(C)c1c(Cl)nc2c(C(=O)OC)cnn2c1N[C@@](C)(F)C(F)F. The zero-order valence-electron chi connectivity index (χ0n) is 14.1. The molecular weight excluding hydrogens is 361 g/mol. The topological polar surface area (TPSA) is 68.5 Å². The summed E-state index contributed by atoms with van der Waals surface area (Å²) in [5, 5.41) is 6.11. The van der Waals surface area contributed by atoms with Gasteiger partial charge in [0.1, 0.15) is 16.5 Å². The van der Waals surface area contributed by atoms with Gasteiger partial charge in [0.15, 0.2) is 5.65 Å². The number of hydrogen-bond donors (Lipinski definition) is 1. The van der Waals surface area contributed by atoms with Crippen LogP contribution in [0, 0.1) is 0 Å². The van der Waals surface area contributed by atoms with E-state index in [-0.39, 0.29) is 28.1 Å². The number of nitrogens with zero attached hydrogens (tertiary/aromatic N) is 3. The van der Waals surface area contributed by atoms with Crippen molar-refractivity contribution in [3.63, 3.8) is 0 Å². The lowest BCUT2D eigenvalue weighted by Gasteiger charge is -2.26. The van der Waals surface area contributed by atoms with E-state index in [4.69, 9.17) is 11.6 Å². The Morgan fingerprint density at radius 2 is 2.16 bits per heavy atom. The first-order chi connectivity index (χ1) is 11.6. The number of ether oxygens (including phenoxy) is 1. The number of esters is 1. The van der Waals surface area contributed by atoms with Gasteiger partial charge in [-0.25, -0.2) is 22.9 Å². The van der Waals surface area contributed by atoms with E-state index in [1.165, 1.54) is 7.11 Å². The monoisotopic (exact) mass is 378 g/mol. The molecule has 0 aliphatic rings. The summed E-state index contributed by atoms with van der Waals surface area (Å²) in [6.45, 7) is 4.37. The van der Waals surface area contributed by atoms with Crippen molar-refractivity contribution in [1.29, 1.82) is 0 Å². The molecule has 0 aromatic carbocycles. The second-order valence-corrected chi connectivity index (χ2v) is 6.12. The Morgan fingerprint density at radius 3 is 2.68 bits per heavy atom. The van der Waals surface area contributed by atoms with Gasteiger partial charge in [-0.2, -0.15) is 9.61 Å². The minimum atomic E-state index is -3.30. The van der Waals surface area contributed by atoms with Gasteiger partial charge in [-0.15, -0.1) is 0 Å². The average Bonchev–Trinajstić information content (AvgIpc) is 2.96. The summed E-state index contributed by atoms with van der Waals surface area (Å²) in [5.41, 5.74) is 0.304. The Balaban J connectivity index is 2.77. The van der Waals surface area contributed by atoms with Crippen molar-refractivity contribution >= 4 is 29.0 Å². The van der Waals surface area contributed by atoms with E-state index in [1.807, 2.05) is 6.92 Å². The van der Waals surface area contributed by atoms with Crippen LogP contribution in [0.5, 0.6) is 0 Å². The van der Waals surface area contributed by atoms with Gasteiger partial charge in [0.25, 0.3) is 6.43 Å². The Labute approximate surface area is 147 Å². The van der Waals surface area contributed by atoms with Crippen LogP contribution in [0.1, 0.15) is 49.0 Å². The van der Waals surface area contributed by atoms with Crippen LogP contribution >= 0.6 is 11.6 Å². The van der Waals surface area contributed by atoms with Crippen LogP contribution in [0.4, 0.5) is 19.0 Å². The molecule has 0 fully saturated rings. The number of nitrogens with one attached hydrogen (secondary N) is 1. The largest absolute Gasteiger partial charge is 0.465 e. The van der Waals surface area contributed by atoms with Crippen molar-refractivity contribution in [3.8, 4) is 0 Å². The first kappa shape index (κ1) is 19.3. The molecule has 138 valence electrons. The van der Waals surface area contributed by atoms with Crippen molar-refractivity contribution in [3.05, 3.63) is 22.5 Å². The van der Waals surface area contributed by atoms with Crippen LogP contribution in [0.3, 0.4) is 0 Å². The summed E-state index contributed by atoms with van der Waals surface area (Å²) in [5.74, 6) is -4.05. The molecule has 1 unspecified atom stereocenters. The fourth-order valence-corrected chi connectivity index (χ4v) is 2.64. The van der Waals surface area contributed by atoms with E-state index >= 15 is 0 Å². The number of anilines is 1. The molecule has 0 radical (unpaired) electrons. The number of aromatic nitrogens is 3. The molecule has 0 saturated heterocycles. The maximum absolute atomic E-state index is 14.3. The molecule has 0 amide bonds. The van der Waals surface area contributed by atoms with Crippen LogP contribution in [-0.4, -0.2) is 39.9 Å². The van der Waals surface area contributed by atoms with Crippen molar-refractivity contribution in [1.82, 2.24) is 14.6 Å². The van der Waals surface area contributed by atoms with E-state index < -0.39 is 18.2 Å². The number of carbonyl (C=O) groups is 1. The molecule has 2 atom stereocenters. The fourth-order valence-electron chi connectivity index (χ4n) is 2.28. The summed E-state index contributed by atoms with van der Waals surface area (Å²) >= 11 is 6.21. The van der Waals surface area contributed by atoms with Crippen LogP contribution in [0.2, 0.25) is 5.15 Å². The van der Waals surface area contributed by atoms with Crippen molar-refractivity contribution in [2.45, 2.75) is 45.3 Å². The van der Waals surface area contributed by atoms with E-state index in [9.17, 15) is 18.0 Å². The Hall–Kier alpha value is -2.03. The van der Waals surface area contributed by atoms with Crippen molar-refractivity contribution < 1.29 is 22.7 Å². The van der Waals surface area contributed by atoms with E-state index in [2.05, 4.69) is 20.1 Å². The third kappa shape index (κ3) is 3.51. The van der Waals surface area contributed by atoms with Crippen LogP contribution < -0.4 is 5.32 Å². The third-order valence-electron chi connectivity index (χ3n) is 3.92. The van der Waals surface area contributed by atoms with Gasteiger partial charge in [0.05, 0.1) is 13.3 Å². The third-order valence-corrected chi connectivity index (χ3v) is 4.21. The highest BCUT2D eigenvalue weighted by molar-refractivity contribution is 6.30. The van der Waals surface area contributed by atoms with Crippen LogP contribution in [0.15, 0.2) is 6.20 Å². The Morgan fingerprint density at radius 1 is 1.52 bits per heavy atom. The molecule has 6 nitrogen and oxygen atoms in total. The highest BCUT2D eigenvalue weighted by Gasteiger charge is 2.37. The van der Waals surface area contributed by atoms with Gasteiger partial charge in [-0.3, -0.25) is 0 Å². The second-order valence-electron chi connectivity index (χ2n) is 5.76. The van der Waals surface area contributed by atoms with Crippen LogP contribution in [-0.2, 0) is 4.74 Å². The van der Waals surface area contributed by atoms with Crippen LogP contribution in [0.25, 0.3) is 5.65 Å². The maximum Gasteiger partial charge on any atom is 0.343 e. The Bertz CT molecular complexity index is 795. The lowest BCUT2D eigenvalue weighted by atomic mass is 10.00. The first-order valence-corrected chi connectivity index (χ1v) is 7.92. The molecule has 1 N–H and O–H groups in total. The number of fused-ring (bicyclic) bond motifs is 1. The molecule has 2 heterocycles. The van der Waals surface area contributed by atoms with Gasteiger partial charge in [-0.05, 0) is 19.3 Å². The molecule has 10 heteroatoms. The standard InChI is InChI=1S/C15H18ClF3N4O2/c1-5-7(2)9-10(16)21-11-8(13(24)25-4)6-20-23(11)12(9)22-15(3,19)14(17)18/h6-7,14,22H,5H2,1-4H3/t7?,15-/m1/s1. The van der Waals surface area contributed by atoms with E-state index in [0.29, 0.717) is 18.9 Å². The van der Waals surface area contributed by atoms with Crippen molar-refractivity contribution in [2.75, 3.05) is 12.4 Å². The number of hydrogen-bond acceptors (Lipinski definition) is 5. The molecule has 0 saturated carbocycles. The second kappa shape index (κ2) is 7.07. The van der Waals surface area contributed by atoms with Gasteiger partial charge >= 0.3 is 5.97 Å². The van der Waals surface area contributed by atoms with Gasteiger partial charge in [-0.1, -0.05) is 25.4 Å². The summed E-state index contributed by atoms with van der Waals surface area (Å²) in [7, 11) is 1.18. The number of halogens is 4. The highest BCUT2D eigenvalue weighted by Crippen LogP contribution is 2.36. The maximum atomic E-state index is 14.3. The number of rotatable bonds is 6. The lowest BCUT2D eigenvalue weighted by Crippen LogP contribution is -2.38. The molecule has 2 rings (SSSR count). The minimum absolute atomic E-state index is 0.0132. The molecule has 0 spiro atoms. The smallest absolute Gasteiger partial charge is 0.343 e. The predicted octanol–water partition coefficient (Wildman–Crippen LogP) is 4.05. The summed E-state index contributed by atoms with van der Waals surface area (Å²) in [6, 6.07) is 0. The van der Waals surface area contributed by atoms with Gasteiger partial charge < -0.3 is 10.1 Å². The molecule has 0 aliphatic carbocycles.